The summed E-state index contributed by atoms with van der Waals surface area (Å²) in [5, 5.41) is 21.0. The Morgan fingerprint density at radius 3 is 2.13 bits per heavy atom. The van der Waals surface area contributed by atoms with Gasteiger partial charge in [-0.05, 0) is 50.3 Å². The highest BCUT2D eigenvalue weighted by Crippen LogP contribution is 2.47. The Morgan fingerprint density at radius 2 is 1.57 bits per heavy atom. The van der Waals surface area contributed by atoms with Gasteiger partial charge in [0.25, 0.3) is 0 Å². The molecule has 0 amide bonds. The zero-order chi connectivity index (χ0) is 16.1. The lowest BCUT2D eigenvalue weighted by Crippen LogP contribution is -2.59. The molecular formula is C20H31NO2. The topological polar surface area (TPSA) is 43.7 Å². The van der Waals surface area contributed by atoms with Crippen LogP contribution in [0.15, 0.2) is 30.3 Å². The zero-order valence-corrected chi connectivity index (χ0v) is 14.2. The summed E-state index contributed by atoms with van der Waals surface area (Å²) in [4.78, 5) is 2.52. The molecule has 1 aliphatic heterocycles. The van der Waals surface area contributed by atoms with E-state index in [2.05, 4.69) is 29.2 Å². The molecule has 2 aliphatic rings. The summed E-state index contributed by atoms with van der Waals surface area (Å²) < 4.78 is 0. The molecule has 1 aromatic carbocycles. The van der Waals surface area contributed by atoms with Crippen LogP contribution in [0.25, 0.3) is 0 Å². The fourth-order valence-corrected chi connectivity index (χ4v) is 5.00. The van der Waals surface area contributed by atoms with Gasteiger partial charge in [-0.1, -0.05) is 56.0 Å². The molecule has 23 heavy (non-hydrogen) atoms. The number of likely N-dealkylation sites (tertiary alicyclic amines) is 1. The minimum Gasteiger partial charge on any atom is -0.394 e. The van der Waals surface area contributed by atoms with E-state index in [0.717, 1.165) is 25.9 Å². The van der Waals surface area contributed by atoms with Gasteiger partial charge in [0.05, 0.1) is 18.2 Å². The summed E-state index contributed by atoms with van der Waals surface area (Å²) >= 11 is 0. The van der Waals surface area contributed by atoms with Crippen molar-refractivity contribution in [2.24, 2.45) is 5.92 Å². The third kappa shape index (κ3) is 3.19. The van der Waals surface area contributed by atoms with E-state index in [1.165, 1.54) is 44.1 Å². The maximum Gasteiger partial charge on any atom is 0.0998 e. The van der Waals surface area contributed by atoms with Gasteiger partial charge in [-0.25, -0.2) is 0 Å². The first kappa shape index (κ1) is 16.9. The van der Waals surface area contributed by atoms with Crippen molar-refractivity contribution in [3.63, 3.8) is 0 Å². The van der Waals surface area contributed by atoms with Crippen LogP contribution >= 0.6 is 0 Å². The third-order valence-electron chi connectivity index (χ3n) is 6.02. The van der Waals surface area contributed by atoms with Crippen molar-refractivity contribution in [3.8, 4) is 0 Å². The fourth-order valence-electron chi connectivity index (χ4n) is 5.00. The Balaban J connectivity index is 2.08. The molecule has 0 spiro atoms. The first-order chi connectivity index (χ1) is 11.3. The molecule has 2 atom stereocenters. The first-order valence-corrected chi connectivity index (χ1v) is 9.39. The fraction of sp³-hybridized carbons (Fsp3) is 0.700. The first-order valence-electron chi connectivity index (χ1n) is 9.39. The summed E-state index contributed by atoms with van der Waals surface area (Å²) in [5.74, 6) is 0.435. The SMILES string of the molecule is OCC(O)C(c1ccccc1)(C1CCCC1)N1CCCCCC1. The van der Waals surface area contributed by atoms with Crippen molar-refractivity contribution < 1.29 is 10.2 Å². The van der Waals surface area contributed by atoms with Crippen molar-refractivity contribution in [2.45, 2.75) is 63.0 Å². The minimum absolute atomic E-state index is 0.165. The number of hydrogen-bond acceptors (Lipinski definition) is 3. The van der Waals surface area contributed by atoms with E-state index in [1.807, 2.05) is 6.07 Å². The van der Waals surface area contributed by atoms with Crippen LogP contribution in [-0.4, -0.2) is 40.9 Å². The van der Waals surface area contributed by atoms with Crippen LogP contribution in [0.4, 0.5) is 0 Å². The predicted molar refractivity (Wildman–Crippen MR) is 93.2 cm³/mol. The highest BCUT2D eigenvalue weighted by atomic mass is 16.3. The van der Waals surface area contributed by atoms with Gasteiger partial charge in [-0.2, -0.15) is 0 Å². The molecule has 3 heteroatoms. The number of benzene rings is 1. The molecular weight excluding hydrogens is 286 g/mol. The molecule has 1 aromatic rings. The molecule has 1 saturated heterocycles. The van der Waals surface area contributed by atoms with Crippen molar-refractivity contribution in [3.05, 3.63) is 35.9 Å². The zero-order valence-electron chi connectivity index (χ0n) is 14.2. The number of hydrogen-bond donors (Lipinski definition) is 2. The van der Waals surface area contributed by atoms with Gasteiger partial charge in [0.2, 0.25) is 0 Å². The molecule has 2 fully saturated rings. The molecule has 3 rings (SSSR count). The van der Waals surface area contributed by atoms with Crippen molar-refractivity contribution >= 4 is 0 Å². The number of aliphatic hydroxyl groups excluding tert-OH is 2. The molecule has 0 bridgehead atoms. The Labute approximate surface area is 140 Å². The second-order valence-electron chi connectivity index (χ2n) is 7.27. The molecule has 0 radical (unpaired) electrons. The van der Waals surface area contributed by atoms with Crippen molar-refractivity contribution in [2.75, 3.05) is 19.7 Å². The van der Waals surface area contributed by atoms with E-state index < -0.39 is 11.6 Å². The van der Waals surface area contributed by atoms with E-state index in [-0.39, 0.29) is 6.61 Å². The lowest BCUT2D eigenvalue weighted by atomic mass is 9.71. The second kappa shape index (κ2) is 7.78. The number of aliphatic hydroxyl groups is 2. The van der Waals surface area contributed by atoms with Gasteiger partial charge < -0.3 is 10.2 Å². The number of nitrogens with zero attached hydrogens (tertiary/aromatic N) is 1. The summed E-state index contributed by atoms with van der Waals surface area (Å²) in [5.41, 5.74) is 0.770. The maximum atomic E-state index is 11.0. The molecule has 2 unspecified atom stereocenters. The number of rotatable bonds is 5. The van der Waals surface area contributed by atoms with Crippen LogP contribution in [0.3, 0.4) is 0 Å². The molecule has 1 aliphatic carbocycles. The van der Waals surface area contributed by atoms with Crippen LogP contribution in [0.2, 0.25) is 0 Å². The maximum absolute atomic E-state index is 11.0. The van der Waals surface area contributed by atoms with E-state index in [9.17, 15) is 10.2 Å². The van der Waals surface area contributed by atoms with E-state index in [0.29, 0.717) is 5.92 Å². The summed E-state index contributed by atoms with van der Waals surface area (Å²) in [6.07, 6.45) is 9.02. The highest BCUT2D eigenvalue weighted by Gasteiger charge is 2.50. The normalized spacial score (nSPS) is 25.0. The lowest BCUT2D eigenvalue weighted by Gasteiger charge is -2.51. The largest absolute Gasteiger partial charge is 0.394 e. The molecule has 1 heterocycles. The summed E-state index contributed by atoms with van der Waals surface area (Å²) in [6.45, 7) is 1.90. The third-order valence-corrected chi connectivity index (χ3v) is 6.02. The minimum atomic E-state index is -0.717. The van der Waals surface area contributed by atoms with E-state index in [1.54, 1.807) is 0 Å². The van der Waals surface area contributed by atoms with Gasteiger partial charge >= 0.3 is 0 Å². The van der Waals surface area contributed by atoms with Crippen LogP contribution in [0, 0.1) is 5.92 Å². The van der Waals surface area contributed by atoms with E-state index >= 15 is 0 Å². The van der Waals surface area contributed by atoms with Crippen LogP contribution < -0.4 is 0 Å². The Kier molecular flexibility index (Phi) is 5.73. The van der Waals surface area contributed by atoms with Gasteiger partial charge in [0, 0.05) is 0 Å². The molecule has 1 saturated carbocycles. The predicted octanol–water partition coefficient (Wildman–Crippen LogP) is 3.30. The van der Waals surface area contributed by atoms with E-state index in [4.69, 9.17) is 0 Å². The smallest absolute Gasteiger partial charge is 0.0998 e. The lowest BCUT2D eigenvalue weighted by molar-refractivity contribution is -0.0941. The summed E-state index contributed by atoms with van der Waals surface area (Å²) in [6, 6.07) is 10.5. The summed E-state index contributed by atoms with van der Waals surface area (Å²) in [7, 11) is 0. The molecule has 2 N–H and O–H groups in total. The Hall–Kier alpha value is -0.900. The monoisotopic (exact) mass is 317 g/mol. The van der Waals surface area contributed by atoms with Gasteiger partial charge in [0.15, 0.2) is 0 Å². The average molecular weight is 317 g/mol. The Bertz CT molecular complexity index is 464. The van der Waals surface area contributed by atoms with Gasteiger partial charge in [0.1, 0.15) is 0 Å². The highest BCUT2D eigenvalue weighted by molar-refractivity contribution is 5.28. The van der Waals surface area contributed by atoms with Crippen molar-refractivity contribution in [1.29, 1.82) is 0 Å². The van der Waals surface area contributed by atoms with Crippen LogP contribution in [-0.2, 0) is 5.54 Å². The average Bonchev–Trinajstić information content (AvgIpc) is 3.00. The standard InChI is InChI=1S/C20H31NO2/c22-16-19(23)20(18-12-6-7-13-18,17-10-4-3-5-11-17)21-14-8-1-2-9-15-21/h3-5,10-11,18-19,22-23H,1-2,6-9,12-16H2. The van der Waals surface area contributed by atoms with Gasteiger partial charge in [-0.3, -0.25) is 4.90 Å². The second-order valence-corrected chi connectivity index (χ2v) is 7.27. The van der Waals surface area contributed by atoms with Gasteiger partial charge in [-0.15, -0.1) is 0 Å². The Morgan fingerprint density at radius 1 is 0.957 bits per heavy atom. The molecule has 0 aromatic heterocycles. The van der Waals surface area contributed by atoms with Crippen LogP contribution in [0.5, 0.6) is 0 Å². The van der Waals surface area contributed by atoms with Crippen LogP contribution in [0.1, 0.15) is 56.9 Å². The molecule has 3 nitrogen and oxygen atoms in total. The van der Waals surface area contributed by atoms with Crippen molar-refractivity contribution in [1.82, 2.24) is 4.90 Å². The molecule has 128 valence electrons. The quantitative estimate of drug-likeness (QED) is 0.876.